The zero-order valence-electron chi connectivity index (χ0n) is 8.26. The van der Waals surface area contributed by atoms with E-state index in [1.54, 1.807) is 6.92 Å². The Hall–Kier alpha value is -1.65. The molecule has 82 valence electrons. The number of hydrogen-bond donors (Lipinski definition) is 2. The highest BCUT2D eigenvalue weighted by atomic mass is 19.2. The minimum absolute atomic E-state index is 0.138. The molecule has 0 fully saturated rings. The smallest absolute Gasteiger partial charge is 0.219 e. The van der Waals surface area contributed by atoms with E-state index in [9.17, 15) is 13.6 Å². The summed E-state index contributed by atoms with van der Waals surface area (Å²) in [5.74, 6) is -2.27. The van der Waals surface area contributed by atoms with Gasteiger partial charge in [0.25, 0.3) is 0 Å². The van der Waals surface area contributed by atoms with E-state index in [0.717, 1.165) is 12.1 Å². The lowest BCUT2D eigenvalue weighted by Gasteiger charge is -2.13. The lowest BCUT2D eigenvalue weighted by Crippen LogP contribution is -2.24. The fourth-order valence-electron chi connectivity index (χ4n) is 1.22. The van der Waals surface area contributed by atoms with Gasteiger partial charge in [-0.15, -0.1) is 0 Å². The largest absolute Gasteiger partial charge is 0.382 e. The summed E-state index contributed by atoms with van der Waals surface area (Å²) in [6, 6.07) is 3.24. The molecule has 0 aromatic heterocycles. The maximum absolute atomic E-state index is 12.8. The molecule has 0 aliphatic carbocycles. The first kappa shape index (κ1) is 11.4. The molecule has 0 aliphatic rings. The molecule has 0 aliphatic heterocycles. The topological polar surface area (TPSA) is 55.1 Å². The maximum Gasteiger partial charge on any atom is 0.219 e. The van der Waals surface area contributed by atoms with Crippen molar-refractivity contribution < 1.29 is 13.6 Å². The third-order valence-corrected chi connectivity index (χ3v) is 1.84. The molecule has 1 aromatic rings. The van der Waals surface area contributed by atoms with Crippen LogP contribution in [0, 0.1) is 11.6 Å². The van der Waals surface area contributed by atoms with Crippen molar-refractivity contribution in [3.05, 3.63) is 29.8 Å². The molecule has 1 amide bonds. The van der Waals surface area contributed by atoms with Crippen LogP contribution in [0.2, 0.25) is 0 Å². The highest BCUT2D eigenvalue weighted by Gasteiger charge is 2.07. The summed E-state index contributed by atoms with van der Waals surface area (Å²) in [7, 11) is 0. The van der Waals surface area contributed by atoms with Gasteiger partial charge in [0.1, 0.15) is 0 Å². The quantitative estimate of drug-likeness (QED) is 0.800. The molecular weight excluding hydrogens is 202 g/mol. The van der Waals surface area contributed by atoms with E-state index in [1.807, 2.05) is 0 Å². The average molecular weight is 214 g/mol. The van der Waals surface area contributed by atoms with E-state index in [4.69, 9.17) is 5.73 Å². The highest BCUT2D eigenvalue weighted by Crippen LogP contribution is 2.14. The summed E-state index contributed by atoms with van der Waals surface area (Å²) in [6.07, 6.45) is 0.138. The molecule has 0 spiro atoms. The van der Waals surface area contributed by atoms with Crippen LogP contribution in [0.5, 0.6) is 0 Å². The standard InChI is InChI=1S/C10H12F2N2O/c1-6(4-10(13)15)14-7-2-3-8(11)9(12)5-7/h2-3,5-6,14H,4H2,1H3,(H2,13,15). The molecule has 0 saturated carbocycles. The summed E-state index contributed by atoms with van der Waals surface area (Å²) >= 11 is 0. The first-order valence-electron chi connectivity index (χ1n) is 4.49. The molecule has 3 N–H and O–H groups in total. The van der Waals surface area contributed by atoms with E-state index >= 15 is 0 Å². The third kappa shape index (κ3) is 3.53. The molecule has 1 rings (SSSR count). The van der Waals surface area contributed by atoms with Crippen molar-refractivity contribution in [2.45, 2.75) is 19.4 Å². The van der Waals surface area contributed by atoms with Crippen LogP contribution >= 0.6 is 0 Å². The molecule has 1 unspecified atom stereocenters. The van der Waals surface area contributed by atoms with Gasteiger partial charge in [0.05, 0.1) is 0 Å². The zero-order chi connectivity index (χ0) is 11.4. The second kappa shape index (κ2) is 4.72. The Labute approximate surface area is 86.3 Å². The van der Waals surface area contributed by atoms with Gasteiger partial charge in [-0.3, -0.25) is 4.79 Å². The lowest BCUT2D eigenvalue weighted by molar-refractivity contribution is -0.118. The molecule has 0 heterocycles. The molecule has 1 aromatic carbocycles. The van der Waals surface area contributed by atoms with Crippen molar-refractivity contribution in [3.8, 4) is 0 Å². The van der Waals surface area contributed by atoms with Crippen LogP contribution in [0.1, 0.15) is 13.3 Å². The number of amides is 1. The predicted molar refractivity (Wildman–Crippen MR) is 53.3 cm³/mol. The molecule has 15 heavy (non-hydrogen) atoms. The monoisotopic (exact) mass is 214 g/mol. The van der Waals surface area contributed by atoms with E-state index in [1.165, 1.54) is 6.07 Å². The van der Waals surface area contributed by atoms with Gasteiger partial charge in [-0.2, -0.15) is 0 Å². The van der Waals surface area contributed by atoms with Crippen molar-refractivity contribution in [2.24, 2.45) is 5.73 Å². The van der Waals surface area contributed by atoms with Crippen molar-refractivity contribution >= 4 is 11.6 Å². The van der Waals surface area contributed by atoms with Crippen LogP contribution in [0.15, 0.2) is 18.2 Å². The Kier molecular flexibility index (Phi) is 3.60. The Morgan fingerprint density at radius 1 is 1.47 bits per heavy atom. The number of halogens is 2. The molecular formula is C10H12F2N2O. The Balaban J connectivity index is 2.64. The van der Waals surface area contributed by atoms with E-state index in [2.05, 4.69) is 5.32 Å². The zero-order valence-corrected chi connectivity index (χ0v) is 8.26. The Morgan fingerprint density at radius 2 is 2.13 bits per heavy atom. The fraction of sp³-hybridized carbons (Fsp3) is 0.300. The minimum Gasteiger partial charge on any atom is -0.382 e. The van der Waals surface area contributed by atoms with E-state index in [0.29, 0.717) is 5.69 Å². The normalized spacial score (nSPS) is 12.2. The summed E-state index contributed by atoms with van der Waals surface area (Å²) in [6.45, 7) is 1.73. The molecule has 3 nitrogen and oxygen atoms in total. The van der Waals surface area contributed by atoms with Crippen molar-refractivity contribution in [1.29, 1.82) is 0 Å². The summed E-state index contributed by atoms with van der Waals surface area (Å²) < 4.78 is 25.4. The van der Waals surface area contributed by atoms with Crippen LogP contribution in [0.3, 0.4) is 0 Å². The van der Waals surface area contributed by atoms with Gasteiger partial charge in [-0.25, -0.2) is 8.78 Å². The van der Waals surface area contributed by atoms with Crippen LogP contribution in [-0.2, 0) is 4.79 Å². The van der Waals surface area contributed by atoms with Crippen molar-refractivity contribution in [1.82, 2.24) is 0 Å². The van der Waals surface area contributed by atoms with Crippen LogP contribution in [-0.4, -0.2) is 11.9 Å². The number of hydrogen-bond acceptors (Lipinski definition) is 2. The molecule has 1 atom stereocenters. The second-order valence-corrected chi connectivity index (χ2v) is 3.34. The van der Waals surface area contributed by atoms with Gasteiger partial charge in [0.2, 0.25) is 5.91 Å². The van der Waals surface area contributed by atoms with Crippen LogP contribution in [0.4, 0.5) is 14.5 Å². The number of benzene rings is 1. The first-order chi connectivity index (χ1) is 6.99. The van der Waals surface area contributed by atoms with Crippen molar-refractivity contribution in [3.63, 3.8) is 0 Å². The predicted octanol–water partition coefficient (Wildman–Crippen LogP) is 1.64. The number of nitrogens with one attached hydrogen (secondary N) is 1. The van der Waals surface area contributed by atoms with E-state index < -0.39 is 17.5 Å². The summed E-state index contributed by atoms with van der Waals surface area (Å²) in [4.78, 5) is 10.6. The van der Waals surface area contributed by atoms with Gasteiger partial charge in [0, 0.05) is 24.2 Å². The molecule has 0 bridgehead atoms. The van der Waals surface area contributed by atoms with Gasteiger partial charge in [-0.05, 0) is 19.1 Å². The summed E-state index contributed by atoms with van der Waals surface area (Å²) in [5, 5.41) is 2.83. The molecule has 0 radical (unpaired) electrons. The number of carbonyl (C=O) groups excluding carboxylic acids is 1. The van der Waals surface area contributed by atoms with Crippen molar-refractivity contribution in [2.75, 3.05) is 5.32 Å². The highest BCUT2D eigenvalue weighted by molar-refractivity contribution is 5.74. The SMILES string of the molecule is CC(CC(N)=O)Nc1ccc(F)c(F)c1. The van der Waals surface area contributed by atoms with Gasteiger partial charge in [-0.1, -0.05) is 0 Å². The lowest BCUT2D eigenvalue weighted by atomic mass is 10.2. The number of anilines is 1. The molecule has 0 saturated heterocycles. The average Bonchev–Trinajstić information content (AvgIpc) is 2.10. The first-order valence-corrected chi connectivity index (χ1v) is 4.49. The number of rotatable bonds is 4. The summed E-state index contributed by atoms with van der Waals surface area (Å²) in [5.41, 5.74) is 5.41. The Morgan fingerprint density at radius 3 is 2.67 bits per heavy atom. The number of nitrogens with two attached hydrogens (primary N) is 1. The van der Waals surface area contributed by atoms with Gasteiger partial charge >= 0.3 is 0 Å². The van der Waals surface area contributed by atoms with Crippen LogP contribution < -0.4 is 11.1 Å². The number of primary amides is 1. The maximum atomic E-state index is 12.8. The van der Waals surface area contributed by atoms with E-state index in [-0.39, 0.29) is 12.5 Å². The fourth-order valence-corrected chi connectivity index (χ4v) is 1.22. The minimum atomic E-state index is -0.925. The Bertz CT molecular complexity index is 368. The van der Waals surface area contributed by atoms with Gasteiger partial charge < -0.3 is 11.1 Å². The third-order valence-electron chi connectivity index (χ3n) is 1.84. The van der Waals surface area contributed by atoms with Crippen LogP contribution in [0.25, 0.3) is 0 Å². The second-order valence-electron chi connectivity index (χ2n) is 3.34. The number of carbonyl (C=O) groups is 1. The molecule has 5 heteroatoms. The van der Waals surface area contributed by atoms with Gasteiger partial charge in [0.15, 0.2) is 11.6 Å².